The molecule has 68 valence electrons. The first-order valence-corrected chi connectivity index (χ1v) is 5.08. The summed E-state index contributed by atoms with van der Waals surface area (Å²) >= 11 is 1.76. The highest BCUT2D eigenvalue weighted by atomic mass is 32.1. The number of aliphatic hydroxyl groups is 1. The van der Waals surface area contributed by atoms with E-state index in [0.29, 0.717) is 6.54 Å². The number of rotatable bonds is 5. The van der Waals surface area contributed by atoms with Crippen LogP contribution >= 0.6 is 11.3 Å². The maximum Gasteiger partial charge on any atom is 0.0471 e. The molecule has 1 rings (SSSR count). The molecular formula is C9H15NOS. The average molecular weight is 185 g/mol. The zero-order valence-corrected chi connectivity index (χ0v) is 7.89. The fourth-order valence-corrected chi connectivity index (χ4v) is 1.81. The lowest BCUT2D eigenvalue weighted by Gasteiger charge is -2.09. The SMILES string of the molecule is NCC(CO)CCc1cccs1. The summed E-state index contributed by atoms with van der Waals surface area (Å²) in [6.45, 7) is 0.795. The highest BCUT2D eigenvalue weighted by molar-refractivity contribution is 7.09. The Hall–Kier alpha value is -0.380. The second kappa shape index (κ2) is 5.30. The topological polar surface area (TPSA) is 46.2 Å². The maximum atomic E-state index is 8.88. The predicted octanol–water partition coefficient (Wildman–Crippen LogP) is 1.25. The van der Waals surface area contributed by atoms with Gasteiger partial charge in [0.05, 0.1) is 0 Å². The third kappa shape index (κ3) is 2.93. The van der Waals surface area contributed by atoms with Gasteiger partial charge in [-0.15, -0.1) is 11.3 Å². The van der Waals surface area contributed by atoms with E-state index in [1.807, 2.05) is 0 Å². The Morgan fingerprint density at radius 2 is 2.42 bits per heavy atom. The molecule has 1 unspecified atom stereocenters. The lowest BCUT2D eigenvalue weighted by molar-refractivity contribution is 0.223. The fraction of sp³-hybridized carbons (Fsp3) is 0.556. The van der Waals surface area contributed by atoms with Crippen molar-refractivity contribution < 1.29 is 5.11 Å². The van der Waals surface area contributed by atoms with Crippen LogP contribution in [-0.4, -0.2) is 18.3 Å². The van der Waals surface area contributed by atoms with E-state index < -0.39 is 0 Å². The van der Waals surface area contributed by atoms with E-state index in [1.165, 1.54) is 4.88 Å². The van der Waals surface area contributed by atoms with Gasteiger partial charge in [-0.25, -0.2) is 0 Å². The van der Waals surface area contributed by atoms with Crippen molar-refractivity contribution in [1.82, 2.24) is 0 Å². The third-order valence-electron chi connectivity index (χ3n) is 1.97. The lowest BCUT2D eigenvalue weighted by atomic mass is 10.0. The number of aliphatic hydroxyl groups excluding tert-OH is 1. The van der Waals surface area contributed by atoms with Gasteiger partial charge in [0, 0.05) is 11.5 Å². The monoisotopic (exact) mass is 185 g/mol. The standard InChI is InChI=1S/C9H15NOS/c10-6-8(7-11)3-4-9-2-1-5-12-9/h1-2,5,8,11H,3-4,6-7,10H2. The quantitative estimate of drug-likeness (QED) is 0.725. The van der Waals surface area contributed by atoms with Gasteiger partial charge in [0.25, 0.3) is 0 Å². The Morgan fingerprint density at radius 3 is 2.92 bits per heavy atom. The summed E-state index contributed by atoms with van der Waals surface area (Å²) in [6, 6.07) is 4.17. The molecule has 1 heterocycles. The molecule has 1 aromatic heterocycles. The van der Waals surface area contributed by atoms with E-state index in [0.717, 1.165) is 12.8 Å². The molecule has 0 aromatic carbocycles. The highest BCUT2D eigenvalue weighted by Crippen LogP contribution is 2.13. The molecule has 12 heavy (non-hydrogen) atoms. The smallest absolute Gasteiger partial charge is 0.0471 e. The second-order valence-corrected chi connectivity index (χ2v) is 3.93. The van der Waals surface area contributed by atoms with Crippen molar-refractivity contribution >= 4 is 11.3 Å². The van der Waals surface area contributed by atoms with Gasteiger partial charge in [0.2, 0.25) is 0 Å². The summed E-state index contributed by atoms with van der Waals surface area (Å²) < 4.78 is 0. The van der Waals surface area contributed by atoms with Crippen LogP contribution in [0.1, 0.15) is 11.3 Å². The van der Waals surface area contributed by atoms with E-state index in [9.17, 15) is 0 Å². The molecule has 0 aliphatic carbocycles. The van der Waals surface area contributed by atoms with Crippen molar-refractivity contribution in [2.24, 2.45) is 11.7 Å². The van der Waals surface area contributed by atoms with Gasteiger partial charge in [-0.3, -0.25) is 0 Å². The van der Waals surface area contributed by atoms with Gasteiger partial charge in [0.1, 0.15) is 0 Å². The molecule has 0 spiro atoms. The maximum absolute atomic E-state index is 8.88. The minimum absolute atomic E-state index is 0.210. The largest absolute Gasteiger partial charge is 0.396 e. The molecule has 0 radical (unpaired) electrons. The van der Waals surface area contributed by atoms with Crippen LogP contribution in [0.5, 0.6) is 0 Å². The van der Waals surface area contributed by atoms with Crippen LogP contribution in [0.25, 0.3) is 0 Å². The van der Waals surface area contributed by atoms with Crippen molar-refractivity contribution in [3.05, 3.63) is 22.4 Å². The normalized spacial score (nSPS) is 13.2. The summed E-state index contributed by atoms with van der Waals surface area (Å²) in [4.78, 5) is 1.38. The van der Waals surface area contributed by atoms with Crippen LogP contribution in [0.15, 0.2) is 17.5 Å². The van der Waals surface area contributed by atoms with Crippen molar-refractivity contribution in [3.8, 4) is 0 Å². The summed E-state index contributed by atoms with van der Waals surface area (Å²) in [5.41, 5.74) is 5.47. The number of hydrogen-bond acceptors (Lipinski definition) is 3. The molecule has 2 nitrogen and oxygen atoms in total. The molecule has 0 saturated heterocycles. The van der Waals surface area contributed by atoms with Gasteiger partial charge in [-0.05, 0) is 36.8 Å². The molecule has 1 atom stereocenters. The molecule has 0 aliphatic heterocycles. The van der Waals surface area contributed by atoms with E-state index in [4.69, 9.17) is 10.8 Å². The summed E-state index contributed by atoms with van der Waals surface area (Å²) in [7, 11) is 0. The first kappa shape index (κ1) is 9.71. The first-order valence-electron chi connectivity index (χ1n) is 4.20. The Labute approximate surface area is 77.0 Å². The van der Waals surface area contributed by atoms with E-state index in [2.05, 4.69) is 17.5 Å². The van der Waals surface area contributed by atoms with E-state index in [-0.39, 0.29) is 12.5 Å². The summed E-state index contributed by atoms with van der Waals surface area (Å²) in [5.74, 6) is 0.270. The molecule has 3 N–H and O–H groups in total. The molecular weight excluding hydrogens is 170 g/mol. The van der Waals surface area contributed by atoms with Gasteiger partial charge < -0.3 is 10.8 Å². The zero-order chi connectivity index (χ0) is 8.81. The number of nitrogens with two attached hydrogens (primary N) is 1. The van der Waals surface area contributed by atoms with Crippen LogP contribution in [0, 0.1) is 5.92 Å². The Morgan fingerprint density at radius 1 is 1.58 bits per heavy atom. The minimum atomic E-state index is 0.210. The van der Waals surface area contributed by atoms with Crippen LogP contribution in [0.2, 0.25) is 0 Å². The molecule has 3 heteroatoms. The van der Waals surface area contributed by atoms with Gasteiger partial charge in [-0.2, -0.15) is 0 Å². The van der Waals surface area contributed by atoms with Gasteiger partial charge in [0.15, 0.2) is 0 Å². The number of aryl methyl sites for hydroxylation is 1. The molecule has 0 fully saturated rings. The molecule has 0 saturated carbocycles. The molecule has 0 amide bonds. The predicted molar refractivity (Wildman–Crippen MR) is 52.3 cm³/mol. The number of thiophene rings is 1. The van der Waals surface area contributed by atoms with Crippen LogP contribution in [-0.2, 0) is 6.42 Å². The van der Waals surface area contributed by atoms with Crippen molar-refractivity contribution in [2.45, 2.75) is 12.8 Å². The highest BCUT2D eigenvalue weighted by Gasteiger charge is 2.04. The minimum Gasteiger partial charge on any atom is -0.396 e. The van der Waals surface area contributed by atoms with Gasteiger partial charge >= 0.3 is 0 Å². The van der Waals surface area contributed by atoms with Gasteiger partial charge in [-0.1, -0.05) is 6.07 Å². The zero-order valence-electron chi connectivity index (χ0n) is 7.07. The summed E-state index contributed by atoms with van der Waals surface area (Å²) in [6.07, 6.45) is 2.04. The van der Waals surface area contributed by atoms with Crippen LogP contribution < -0.4 is 5.73 Å². The fourth-order valence-electron chi connectivity index (χ4n) is 1.08. The Balaban J connectivity index is 2.25. The Bertz CT molecular complexity index is 194. The van der Waals surface area contributed by atoms with E-state index in [1.54, 1.807) is 11.3 Å². The Kier molecular flexibility index (Phi) is 4.29. The summed E-state index contributed by atoms with van der Waals surface area (Å²) in [5, 5.41) is 11.0. The number of hydrogen-bond donors (Lipinski definition) is 2. The molecule has 0 bridgehead atoms. The van der Waals surface area contributed by atoms with Crippen molar-refractivity contribution in [2.75, 3.05) is 13.2 Å². The van der Waals surface area contributed by atoms with Crippen molar-refractivity contribution in [3.63, 3.8) is 0 Å². The second-order valence-electron chi connectivity index (χ2n) is 2.90. The van der Waals surface area contributed by atoms with Crippen molar-refractivity contribution in [1.29, 1.82) is 0 Å². The first-order chi connectivity index (χ1) is 5.86. The molecule has 1 aromatic rings. The third-order valence-corrected chi connectivity index (χ3v) is 2.91. The average Bonchev–Trinajstić information content (AvgIpc) is 2.59. The van der Waals surface area contributed by atoms with Crippen LogP contribution in [0.3, 0.4) is 0 Å². The van der Waals surface area contributed by atoms with E-state index >= 15 is 0 Å². The van der Waals surface area contributed by atoms with Crippen LogP contribution in [0.4, 0.5) is 0 Å². The molecule has 0 aliphatic rings. The lowest BCUT2D eigenvalue weighted by Crippen LogP contribution is -2.18.